The molecule has 0 saturated carbocycles. The molecule has 1 saturated heterocycles. The zero-order chi connectivity index (χ0) is 105. The number of H-pyrrole nitrogens is 1. The molecular weight excluding hydrogens is 1850 g/mol. The monoisotopic (exact) mass is 1980 g/mol. The summed E-state index contributed by atoms with van der Waals surface area (Å²) in [6.07, 6.45) is -3.65. The Hall–Kier alpha value is -15.3. The molecule has 0 unspecified atom stereocenters. The number of carboxylic acid groups (broad SMARTS) is 2. The minimum atomic E-state index is -2.07. The van der Waals surface area contributed by atoms with Crippen LogP contribution in [0.3, 0.4) is 0 Å². The summed E-state index contributed by atoms with van der Waals surface area (Å²) in [5, 5.41) is 89.9. The normalized spacial score (nSPS) is 15.3. The molecule has 0 radical (unpaired) electrons. The summed E-state index contributed by atoms with van der Waals surface area (Å²) in [6, 6.07) is -2.51. The smallest absolute Gasteiger partial charge is 0.326 e. The average Bonchev–Trinajstić information content (AvgIpc) is 1.66. The number of carboxylic acids is 2. The topological polar surface area (TPSA) is 834 Å². The number of likely N-dealkylation sites (tertiary alicyclic amines) is 1. The van der Waals surface area contributed by atoms with Crippen LogP contribution in [0.4, 0.5) is 0 Å². The summed E-state index contributed by atoms with van der Waals surface area (Å²) in [7, 11) is 0. The number of hydrogen-bond acceptors (Lipinski definition) is 26. The van der Waals surface area contributed by atoms with Gasteiger partial charge in [0.25, 0.3) is 0 Å². The van der Waals surface area contributed by atoms with Crippen molar-refractivity contribution in [1.82, 2.24) is 100 Å². The molecule has 772 valence electrons. The first-order valence-corrected chi connectivity index (χ1v) is 45.7. The van der Waals surface area contributed by atoms with Crippen LogP contribution in [0.2, 0.25) is 0 Å². The standard InChI is InChI=1S/C90H131N25O26/c1-45(2)34-59(104-72(122)42-100-76(127)56(28-31-73(123)124)103-71(121)41-99-74(125)47(5)91)81(132)111-63(39-70(94)120)84(135)114-65(43-116)85(136)106-57(26-29-68(92)118)79(130)109-61(36-50-18-10-8-11-19-50)82(133)110-62(38-52-40-98-54-23-15-14-22-53(52)54)83(134)113-66(44-117)86(137)108-60(35-46(3)4)80(131)101-48(6)75(126)102-49(7)88(139)115-33-17-25-67(115)87(138)107-58(27-30-69(93)119)78(129)105-55(24-16-32-97-90(95)96)77(128)112-64(89(140)141)37-51-20-12-9-13-21-51/h8-15,18-23,40,45-49,55-67,98,116-117H,16-17,24-39,41-44,91H2,1-7H3,(H2,92,118)(H2,93,119)(H2,94,120)(H,99,125)(H,100,127)(H,101,131)(H,102,126)(H,103,121)(H,104,122)(H,105,129)(H,106,136)(H,107,138)(H,108,137)(H,109,130)(H,110,133)(H,111,132)(H,112,128)(H,113,134)(H,114,135)(H,123,124)(H,140,141)(H4,95,96,97)/t47-,48-,49-,55-,56-,57-,58-,59-,60-,61-,62-,63-,64-,65-,66-,67-/m0/s1. The Bertz CT molecular complexity index is 5080. The average molecular weight is 1980 g/mol. The predicted molar refractivity (Wildman–Crippen MR) is 502 cm³/mol. The number of fused-ring (bicyclic) bond motifs is 1. The first-order valence-electron chi connectivity index (χ1n) is 45.7. The van der Waals surface area contributed by atoms with E-state index < -0.39 is 310 Å². The van der Waals surface area contributed by atoms with Crippen molar-refractivity contribution < 1.29 is 126 Å². The molecule has 51 nitrogen and oxygen atoms in total. The lowest BCUT2D eigenvalue weighted by atomic mass is 10.0. The van der Waals surface area contributed by atoms with Crippen LogP contribution >= 0.6 is 0 Å². The van der Waals surface area contributed by atoms with Crippen LogP contribution in [-0.2, 0) is 125 Å². The van der Waals surface area contributed by atoms with Crippen LogP contribution < -0.4 is 119 Å². The van der Waals surface area contributed by atoms with Crippen molar-refractivity contribution in [2.24, 2.45) is 40.5 Å². The van der Waals surface area contributed by atoms with E-state index in [1.165, 1.54) is 27.0 Å². The molecule has 1 fully saturated rings. The number of nitrogens with one attached hydrogen (secondary N) is 19. The Labute approximate surface area is 810 Å². The molecule has 51 heteroatoms. The van der Waals surface area contributed by atoms with Crippen LogP contribution in [-0.4, -0.2) is 302 Å². The number of aliphatic hydroxyl groups excluding tert-OH is 2. The van der Waals surface area contributed by atoms with Crippen molar-refractivity contribution in [2.75, 3.05) is 39.4 Å². The van der Waals surface area contributed by atoms with Crippen LogP contribution in [0.25, 0.3) is 10.9 Å². The Morgan fingerprint density at radius 1 is 0.411 bits per heavy atom. The van der Waals surface area contributed by atoms with E-state index in [1.807, 2.05) is 0 Å². The molecule has 16 atom stereocenters. The summed E-state index contributed by atoms with van der Waals surface area (Å²) in [6.45, 7) is 6.56. The van der Waals surface area contributed by atoms with Gasteiger partial charge < -0.3 is 149 Å². The molecule has 1 aliphatic rings. The number of aromatic amines is 1. The maximum absolute atomic E-state index is 15.1. The fourth-order valence-corrected chi connectivity index (χ4v) is 14.6. The summed E-state index contributed by atoms with van der Waals surface area (Å²) < 4.78 is 0. The molecule has 0 aliphatic carbocycles. The van der Waals surface area contributed by atoms with Crippen LogP contribution in [0, 0.1) is 17.2 Å². The van der Waals surface area contributed by atoms with Crippen molar-refractivity contribution >= 4 is 147 Å². The second-order valence-corrected chi connectivity index (χ2v) is 34.7. The zero-order valence-corrected chi connectivity index (χ0v) is 79.2. The first-order chi connectivity index (χ1) is 66.6. The number of nitrogens with zero attached hydrogens (tertiary/aromatic N) is 1. The second kappa shape index (κ2) is 58.4. The Morgan fingerprint density at radius 2 is 0.809 bits per heavy atom. The maximum atomic E-state index is 15.1. The fraction of sp³-hybridized carbons (Fsp3) is 0.522. The summed E-state index contributed by atoms with van der Waals surface area (Å²) in [5.74, 6) is -24.7. The van der Waals surface area contributed by atoms with Gasteiger partial charge in [-0.1, -0.05) is 107 Å². The highest BCUT2D eigenvalue weighted by atomic mass is 16.4. The third-order valence-electron chi connectivity index (χ3n) is 22.0. The number of hydrogen-bond donors (Lipinski definition) is 28. The molecule has 33 N–H and O–H groups in total. The fourth-order valence-electron chi connectivity index (χ4n) is 14.6. The van der Waals surface area contributed by atoms with Crippen LogP contribution in [0.1, 0.15) is 149 Å². The van der Waals surface area contributed by atoms with E-state index in [2.05, 4.69) is 95.4 Å². The quantitative estimate of drug-likeness (QED) is 0.0111. The van der Waals surface area contributed by atoms with Gasteiger partial charge in [-0.15, -0.1) is 0 Å². The van der Waals surface area contributed by atoms with Gasteiger partial charge in [0.2, 0.25) is 118 Å². The van der Waals surface area contributed by atoms with Crippen molar-refractivity contribution in [3.63, 3.8) is 0 Å². The number of rotatable bonds is 61. The van der Waals surface area contributed by atoms with Crippen LogP contribution in [0.15, 0.2) is 91.1 Å². The van der Waals surface area contributed by atoms with Gasteiger partial charge in [0.05, 0.1) is 38.8 Å². The molecule has 1 aliphatic heterocycles. The van der Waals surface area contributed by atoms with Gasteiger partial charge in [0.15, 0.2) is 5.96 Å². The molecular formula is C90H131N25O26. The van der Waals surface area contributed by atoms with E-state index in [9.17, 15) is 121 Å². The van der Waals surface area contributed by atoms with E-state index in [0.717, 1.165) is 4.90 Å². The van der Waals surface area contributed by atoms with Gasteiger partial charge in [0.1, 0.15) is 90.6 Å². The number of amides is 20. The number of aromatic nitrogens is 1. The highest BCUT2D eigenvalue weighted by Crippen LogP contribution is 2.23. The maximum Gasteiger partial charge on any atom is 0.326 e. The molecule has 3 aromatic carbocycles. The highest BCUT2D eigenvalue weighted by Gasteiger charge is 2.42. The van der Waals surface area contributed by atoms with Gasteiger partial charge >= 0.3 is 11.9 Å². The second-order valence-electron chi connectivity index (χ2n) is 34.7. The van der Waals surface area contributed by atoms with Gasteiger partial charge in [-0.2, -0.15) is 0 Å². The van der Waals surface area contributed by atoms with Gasteiger partial charge in [0, 0.05) is 68.7 Å². The third-order valence-corrected chi connectivity index (χ3v) is 22.0. The molecule has 20 amide bonds. The van der Waals surface area contributed by atoms with E-state index >= 15 is 4.79 Å². The van der Waals surface area contributed by atoms with Gasteiger partial charge in [-0.3, -0.25) is 106 Å². The van der Waals surface area contributed by atoms with Crippen molar-refractivity contribution in [1.29, 1.82) is 5.41 Å². The zero-order valence-electron chi connectivity index (χ0n) is 79.2. The predicted octanol–water partition coefficient (Wildman–Crippen LogP) is -8.71. The Kier molecular flexibility index (Phi) is 48.1. The minimum absolute atomic E-state index is 0.0319. The molecule has 1 aromatic heterocycles. The molecule has 141 heavy (non-hydrogen) atoms. The SMILES string of the molecule is CC(C)C[C@H](NC(=O)CNC(=O)[C@H](CCC(=O)O)NC(=O)CNC(=O)[C@H](C)N)C(=O)N[C@@H](CC(N)=O)C(=O)N[C@@H](CO)C(=O)N[C@@H](CCC(N)=O)C(=O)N[C@@H](Cc1ccccc1)C(=O)N[C@@H](Cc1c[nH]c2ccccc12)C(=O)N[C@@H](CO)C(=O)N[C@@H](CC(C)C)C(=O)N[C@@H](C)C(=O)N[C@@H](C)C(=O)N1CCC[C@H]1C(=O)N[C@@H](CCC(N)=O)C(=O)N[C@@H](CCCNC(=N)N)C(=O)N[C@@H](Cc1ccccc1)C(=O)O. The summed E-state index contributed by atoms with van der Waals surface area (Å²) in [5.41, 5.74) is 29.3. The van der Waals surface area contributed by atoms with Crippen molar-refractivity contribution in [3.05, 3.63) is 108 Å². The lowest BCUT2D eigenvalue weighted by Crippen LogP contribution is -2.62. The number of carbonyl (C=O) groups excluding carboxylic acids is 20. The molecule has 5 rings (SSSR count). The van der Waals surface area contributed by atoms with Crippen molar-refractivity contribution in [3.8, 4) is 0 Å². The number of guanidine groups is 1. The number of primary amides is 3. The largest absolute Gasteiger partial charge is 0.481 e. The van der Waals surface area contributed by atoms with Gasteiger partial charge in [-0.25, -0.2) is 4.79 Å². The van der Waals surface area contributed by atoms with Crippen molar-refractivity contribution in [2.45, 2.75) is 248 Å². The lowest BCUT2D eigenvalue weighted by Gasteiger charge is -2.30. The van der Waals surface area contributed by atoms with E-state index in [4.69, 9.17) is 34.1 Å². The number of carbonyl (C=O) groups is 22. The molecule has 0 spiro atoms. The summed E-state index contributed by atoms with van der Waals surface area (Å²) >= 11 is 0. The van der Waals surface area contributed by atoms with Crippen LogP contribution in [0.5, 0.6) is 0 Å². The number of para-hydroxylation sites is 1. The summed E-state index contributed by atoms with van der Waals surface area (Å²) in [4.78, 5) is 303. The third kappa shape index (κ3) is 40.7. The highest BCUT2D eigenvalue weighted by molar-refractivity contribution is 6.03. The van der Waals surface area contributed by atoms with Gasteiger partial charge in [-0.05, 0) is 113 Å². The minimum Gasteiger partial charge on any atom is -0.481 e. The van der Waals surface area contributed by atoms with E-state index in [0.29, 0.717) is 27.6 Å². The molecule has 0 bridgehead atoms. The number of benzene rings is 3. The number of nitrogens with two attached hydrogens (primary N) is 5. The number of aliphatic hydroxyl groups is 2. The number of aliphatic carboxylic acids is 2. The molecule has 2 heterocycles. The van der Waals surface area contributed by atoms with E-state index in [1.54, 1.807) is 113 Å². The van der Waals surface area contributed by atoms with E-state index in [-0.39, 0.29) is 76.8 Å². The Morgan fingerprint density at radius 3 is 1.30 bits per heavy atom. The molecule has 4 aromatic rings. The lowest BCUT2D eigenvalue weighted by molar-refractivity contribution is -0.143. The first kappa shape index (κ1) is 116. The Balaban J connectivity index is 1.31.